The minimum Gasteiger partial charge on any atom is -0.493 e. The number of aryl methyl sites for hydroxylation is 1. The van der Waals surface area contributed by atoms with E-state index < -0.39 is 22.5 Å². The Labute approximate surface area is 219 Å². The number of ether oxygens (including phenoxy) is 2. The number of hydrogen-bond donors (Lipinski definition) is 1. The molecule has 0 saturated carbocycles. The fourth-order valence-electron chi connectivity index (χ4n) is 3.22. The van der Waals surface area contributed by atoms with Gasteiger partial charge in [0.15, 0.2) is 11.5 Å². The highest BCUT2D eigenvalue weighted by Crippen LogP contribution is 2.33. The third-order valence-electron chi connectivity index (χ3n) is 5.14. The summed E-state index contributed by atoms with van der Waals surface area (Å²) in [4.78, 5) is 12.9. The van der Waals surface area contributed by atoms with Gasteiger partial charge in [-0.15, -0.1) is 0 Å². The highest BCUT2D eigenvalue weighted by molar-refractivity contribution is 14.1. The van der Waals surface area contributed by atoms with Crippen molar-refractivity contribution in [1.82, 2.24) is 5.43 Å². The van der Waals surface area contributed by atoms with E-state index in [-0.39, 0.29) is 10.6 Å². The summed E-state index contributed by atoms with van der Waals surface area (Å²) in [6.07, 6.45) is 0. The molecule has 0 radical (unpaired) electrons. The summed E-state index contributed by atoms with van der Waals surface area (Å²) < 4.78 is 39.8. The SMILES string of the molecule is COc1ccc(N(CC(=O)N/N=C(/C)c2cccc(I)c2)S(=O)(=O)c2ccc(C)cc2)cc1OC. The minimum absolute atomic E-state index is 0.0595. The standard InChI is InChI=1S/C25H26IN3O5S/c1-17-8-11-22(12-9-17)35(31,32)29(21-10-13-23(33-3)24(15-21)34-4)16-25(30)28-27-18(2)19-6-5-7-20(26)14-19/h5-15H,16H2,1-4H3,(H,28,30)/b27-18-. The molecule has 0 aliphatic rings. The predicted molar refractivity (Wildman–Crippen MR) is 145 cm³/mol. The maximum atomic E-state index is 13.6. The lowest BCUT2D eigenvalue weighted by Gasteiger charge is -2.24. The van der Waals surface area contributed by atoms with Gasteiger partial charge in [-0.3, -0.25) is 9.10 Å². The molecule has 184 valence electrons. The normalized spacial score (nSPS) is 11.6. The van der Waals surface area contributed by atoms with E-state index in [1.54, 1.807) is 31.2 Å². The average Bonchev–Trinajstić information content (AvgIpc) is 2.85. The van der Waals surface area contributed by atoms with Crippen molar-refractivity contribution in [2.45, 2.75) is 18.7 Å². The lowest BCUT2D eigenvalue weighted by atomic mass is 10.1. The van der Waals surface area contributed by atoms with Gasteiger partial charge in [0.05, 0.1) is 30.5 Å². The van der Waals surface area contributed by atoms with Crippen LogP contribution in [0.15, 0.2) is 76.7 Å². The molecule has 35 heavy (non-hydrogen) atoms. The topological polar surface area (TPSA) is 97.3 Å². The Morgan fingerprint density at radius 3 is 2.31 bits per heavy atom. The number of methoxy groups -OCH3 is 2. The van der Waals surface area contributed by atoms with Crippen LogP contribution in [0.5, 0.6) is 11.5 Å². The van der Waals surface area contributed by atoms with E-state index >= 15 is 0 Å². The van der Waals surface area contributed by atoms with Gasteiger partial charge in [-0.2, -0.15) is 5.10 Å². The fourth-order valence-corrected chi connectivity index (χ4v) is 5.18. The molecule has 1 N–H and O–H groups in total. The van der Waals surface area contributed by atoms with E-state index in [0.717, 1.165) is 19.0 Å². The van der Waals surface area contributed by atoms with Crippen LogP contribution in [0.1, 0.15) is 18.1 Å². The molecule has 1 amide bonds. The number of hydrazone groups is 1. The third-order valence-corrected chi connectivity index (χ3v) is 7.60. The zero-order valence-corrected chi connectivity index (χ0v) is 22.8. The van der Waals surface area contributed by atoms with Gasteiger partial charge in [-0.1, -0.05) is 29.8 Å². The lowest BCUT2D eigenvalue weighted by Crippen LogP contribution is -2.39. The van der Waals surface area contributed by atoms with Crippen molar-refractivity contribution in [3.63, 3.8) is 0 Å². The Hall–Kier alpha value is -3.12. The average molecular weight is 607 g/mol. The summed E-state index contributed by atoms with van der Waals surface area (Å²) in [6, 6.07) is 18.7. The summed E-state index contributed by atoms with van der Waals surface area (Å²) in [5.74, 6) is 0.175. The molecule has 0 aliphatic heterocycles. The van der Waals surface area contributed by atoms with E-state index in [2.05, 4.69) is 33.1 Å². The number of benzene rings is 3. The van der Waals surface area contributed by atoms with Gasteiger partial charge in [0.25, 0.3) is 15.9 Å². The number of carbonyl (C=O) groups is 1. The van der Waals surface area contributed by atoms with Gasteiger partial charge in [0.1, 0.15) is 6.54 Å². The molecule has 0 aliphatic carbocycles. The molecular formula is C25H26IN3O5S. The molecule has 0 saturated heterocycles. The molecule has 0 fully saturated rings. The highest BCUT2D eigenvalue weighted by Gasteiger charge is 2.28. The molecule has 0 aromatic heterocycles. The second-order valence-electron chi connectivity index (χ2n) is 7.61. The zero-order chi connectivity index (χ0) is 25.6. The Bertz CT molecular complexity index is 1340. The first kappa shape index (κ1) is 26.5. The van der Waals surface area contributed by atoms with E-state index in [4.69, 9.17) is 9.47 Å². The summed E-state index contributed by atoms with van der Waals surface area (Å²) in [5, 5.41) is 4.16. The quantitative estimate of drug-likeness (QED) is 0.222. The lowest BCUT2D eigenvalue weighted by molar-refractivity contribution is -0.119. The number of rotatable bonds is 9. The predicted octanol–water partition coefficient (Wildman–Crippen LogP) is 4.35. The first-order chi connectivity index (χ1) is 16.6. The van der Waals surface area contributed by atoms with Crippen molar-refractivity contribution < 1.29 is 22.7 Å². The second kappa shape index (κ2) is 11.5. The number of anilines is 1. The number of sulfonamides is 1. The minimum atomic E-state index is -4.08. The van der Waals surface area contributed by atoms with Crippen molar-refractivity contribution in [2.75, 3.05) is 25.1 Å². The second-order valence-corrected chi connectivity index (χ2v) is 10.7. The van der Waals surface area contributed by atoms with Crippen molar-refractivity contribution in [1.29, 1.82) is 0 Å². The summed E-state index contributed by atoms with van der Waals surface area (Å²) in [5.41, 5.74) is 5.07. The van der Waals surface area contributed by atoms with E-state index in [1.165, 1.54) is 32.4 Å². The first-order valence-corrected chi connectivity index (χ1v) is 13.1. The van der Waals surface area contributed by atoms with Crippen LogP contribution in [0.2, 0.25) is 0 Å². The van der Waals surface area contributed by atoms with Crippen molar-refractivity contribution in [3.8, 4) is 11.5 Å². The van der Waals surface area contributed by atoms with E-state index in [0.29, 0.717) is 17.2 Å². The largest absolute Gasteiger partial charge is 0.493 e. The van der Waals surface area contributed by atoms with Crippen LogP contribution >= 0.6 is 22.6 Å². The molecule has 0 spiro atoms. The van der Waals surface area contributed by atoms with Crippen molar-refractivity contribution >= 4 is 49.9 Å². The molecule has 8 nitrogen and oxygen atoms in total. The number of nitrogens with one attached hydrogen (secondary N) is 1. The van der Waals surface area contributed by atoms with Crippen molar-refractivity contribution in [3.05, 3.63) is 81.4 Å². The van der Waals surface area contributed by atoms with Crippen LogP contribution in [0.3, 0.4) is 0 Å². The van der Waals surface area contributed by atoms with Crippen LogP contribution in [0.4, 0.5) is 5.69 Å². The van der Waals surface area contributed by atoms with E-state index in [9.17, 15) is 13.2 Å². The number of hydrogen-bond acceptors (Lipinski definition) is 6. The molecule has 0 heterocycles. The van der Waals surface area contributed by atoms with Gasteiger partial charge >= 0.3 is 0 Å². The van der Waals surface area contributed by atoms with Gasteiger partial charge in [0, 0.05) is 9.64 Å². The third kappa shape index (κ3) is 6.51. The maximum Gasteiger partial charge on any atom is 0.264 e. The number of nitrogens with zero attached hydrogens (tertiary/aromatic N) is 2. The Balaban J connectivity index is 1.94. The molecule has 10 heteroatoms. The smallest absolute Gasteiger partial charge is 0.264 e. The molecule has 3 aromatic rings. The van der Waals surface area contributed by atoms with Crippen LogP contribution < -0.4 is 19.2 Å². The summed E-state index contributed by atoms with van der Waals surface area (Å²) in [7, 11) is -1.14. The van der Waals surface area contributed by atoms with Crippen LogP contribution in [0, 0.1) is 10.5 Å². The molecular weight excluding hydrogens is 581 g/mol. The molecule has 3 aromatic carbocycles. The Morgan fingerprint density at radius 2 is 1.69 bits per heavy atom. The number of carbonyl (C=O) groups excluding carboxylic acids is 1. The number of halogens is 1. The zero-order valence-electron chi connectivity index (χ0n) is 19.8. The van der Waals surface area contributed by atoms with Crippen LogP contribution in [-0.4, -0.2) is 40.8 Å². The number of amides is 1. The van der Waals surface area contributed by atoms with Crippen LogP contribution in [-0.2, 0) is 14.8 Å². The highest BCUT2D eigenvalue weighted by atomic mass is 127. The monoisotopic (exact) mass is 607 g/mol. The van der Waals surface area contributed by atoms with Gasteiger partial charge in [-0.05, 0) is 78.4 Å². The maximum absolute atomic E-state index is 13.6. The van der Waals surface area contributed by atoms with Crippen LogP contribution in [0.25, 0.3) is 0 Å². The van der Waals surface area contributed by atoms with E-state index in [1.807, 2.05) is 31.2 Å². The fraction of sp³-hybridized carbons (Fsp3) is 0.200. The van der Waals surface area contributed by atoms with Gasteiger partial charge in [-0.25, -0.2) is 13.8 Å². The summed E-state index contributed by atoms with van der Waals surface area (Å²) in [6.45, 7) is 3.14. The Morgan fingerprint density at radius 1 is 1.00 bits per heavy atom. The molecule has 0 atom stereocenters. The Kier molecular flexibility index (Phi) is 8.73. The van der Waals surface area contributed by atoms with Gasteiger partial charge < -0.3 is 9.47 Å². The summed E-state index contributed by atoms with van der Waals surface area (Å²) >= 11 is 2.19. The van der Waals surface area contributed by atoms with Gasteiger partial charge in [0.2, 0.25) is 0 Å². The molecule has 3 rings (SSSR count). The van der Waals surface area contributed by atoms with Crippen molar-refractivity contribution in [2.24, 2.45) is 5.10 Å². The molecule has 0 unspecified atom stereocenters. The molecule has 0 bridgehead atoms. The first-order valence-electron chi connectivity index (χ1n) is 10.6.